The molecule has 0 saturated carbocycles. The maximum atomic E-state index is 12.2. The molecule has 0 aromatic carbocycles. The van der Waals surface area contributed by atoms with Gasteiger partial charge < -0.3 is 16.0 Å². The van der Waals surface area contributed by atoms with Crippen molar-refractivity contribution in [3.05, 3.63) is 12.2 Å². The summed E-state index contributed by atoms with van der Waals surface area (Å²) in [5, 5.41) is 7.54. The summed E-state index contributed by atoms with van der Waals surface area (Å²) in [6.07, 6.45) is 13.7. The van der Waals surface area contributed by atoms with Gasteiger partial charge in [-0.15, -0.1) is 12.8 Å². The summed E-state index contributed by atoms with van der Waals surface area (Å²) in [6, 6.07) is -0.918. The zero-order chi connectivity index (χ0) is 21.6. The van der Waals surface area contributed by atoms with E-state index in [1.807, 2.05) is 0 Å². The van der Waals surface area contributed by atoms with Crippen LogP contribution in [0.4, 0.5) is 0 Å². The zero-order valence-corrected chi connectivity index (χ0v) is 16.0. The Balaban J connectivity index is 2.44. The van der Waals surface area contributed by atoms with Crippen LogP contribution < -0.4 is 16.0 Å². The summed E-state index contributed by atoms with van der Waals surface area (Å²) >= 11 is 0. The van der Waals surface area contributed by atoms with Crippen LogP contribution in [0.3, 0.4) is 0 Å². The van der Waals surface area contributed by atoms with Gasteiger partial charge in [0, 0.05) is 31.5 Å². The van der Waals surface area contributed by atoms with Gasteiger partial charge in [0.2, 0.25) is 17.7 Å². The molecular weight excluding hydrogens is 376 g/mol. The summed E-state index contributed by atoms with van der Waals surface area (Å²) in [5.41, 5.74) is 0. The Morgan fingerprint density at radius 2 is 1.55 bits per heavy atom. The first kappa shape index (κ1) is 23.4. The zero-order valence-electron chi connectivity index (χ0n) is 16.0. The number of imide groups is 1. The van der Waals surface area contributed by atoms with E-state index in [9.17, 15) is 24.0 Å². The molecule has 5 amide bonds. The summed E-state index contributed by atoms with van der Waals surface area (Å²) in [7, 11) is 0. The molecular formula is C20H24N4O5. The van der Waals surface area contributed by atoms with Crippen molar-refractivity contribution >= 4 is 29.5 Å². The molecule has 1 rings (SSSR count). The molecule has 0 aliphatic carbocycles. The number of nitrogens with zero attached hydrogens (tertiary/aromatic N) is 1. The smallest absolute Gasteiger partial charge is 0.253 e. The largest absolute Gasteiger partial charge is 0.345 e. The third kappa shape index (κ3) is 8.76. The molecule has 9 nitrogen and oxygen atoms in total. The van der Waals surface area contributed by atoms with E-state index in [1.54, 1.807) is 0 Å². The van der Waals surface area contributed by atoms with E-state index in [0.29, 0.717) is 12.8 Å². The summed E-state index contributed by atoms with van der Waals surface area (Å²) in [5.74, 6) is 2.60. The van der Waals surface area contributed by atoms with Gasteiger partial charge in [-0.05, 0) is 19.3 Å². The van der Waals surface area contributed by atoms with Crippen LogP contribution in [0, 0.1) is 24.7 Å². The number of hydrogen-bond donors (Lipinski definition) is 3. The minimum Gasteiger partial charge on any atom is -0.345 e. The highest BCUT2D eigenvalue weighted by atomic mass is 16.2. The number of rotatable bonds is 12. The van der Waals surface area contributed by atoms with E-state index in [0.717, 1.165) is 4.90 Å². The van der Waals surface area contributed by atoms with Gasteiger partial charge in [-0.3, -0.25) is 28.9 Å². The fraction of sp³-hybridized carbons (Fsp3) is 0.450. The molecule has 3 N–H and O–H groups in total. The molecule has 0 saturated heterocycles. The molecule has 154 valence electrons. The molecule has 0 unspecified atom stereocenters. The van der Waals surface area contributed by atoms with Crippen molar-refractivity contribution in [2.75, 3.05) is 19.6 Å². The van der Waals surface area contributed by atoms with Crippen molar-refractivity contribution < 1.29 is 24.0 Å². The van der Waals surface area contributed by atoms with Crippen LogP contribution in [0.2, 0.25) is 0 Å². The minimum absolute atomic E-state index is 0.000418. The quantitative estimate of drug-likeness (QED) is 0.217. The van der Waals surface area contributed by atoms with Crippen molar-refractivity contribution in [1.82, 2.24) is 20.9 Å². The lowest BCUT2D eigenvalue weighted by molar-refractivity contribution is -0.137. The molecule has 0 radical (unpaired) electrons. The van der Waals surface area contributed by atoms with Crippen LogP contribution >= 0.6 is 0 Å². The Kier molecular flexibility index (Phi) is 10.3. The molecule has 1 atom stereocenters. The van der Waals surface area contributed by atoms with Crippen LogP contribution in [0.25, 0.3) is 0 Å². The topological polar surface area (TPSA) is 125 Å². The lowest BCUT2D eigenvalue weighted by Gasteiger charge is -2.18. The van der Waals surface area contributed by atoms with Gasteiger partial charge in [-0.2, -0.15) is 0 Å². The Labute approximate surface area is 169 Å². The molecule has 1 heterocycles. The number of nitrogens with one attached hydrogen (secondary N) is 3. The van der Waals surface area contributed by atoms with Crippen LogP contribution in [0.5, 0.6) is 0 Å². The molecule has 0 bridgehead atoms. The number of carbonyl (C=O) groups excluding carboxylic acids is 5. The van der Waals surface area contributed by atoms with Crippen LogP contribution in [-0.2, 0) is 24.0 Å². The second-order valence-electron chi connectivity index (χ2n) is 6.18. The van der Waals surface area contributed by atoms with Crippen molar-refractivity contribution in [1.29, 1.82) is 0 Å². The number of unbranched alkanes of at least 4 members (excludes halogenated alkanes) is 1. The molecule has 0 aromatic rings. The van der Waals surface area contributed by atoms with Gasteiger partial charge in [0.15, 0.2) is 0 Å². The minimum atomic E-state index is -0.918. The Morgan fingerprint density at radius 1 is 0.931 bits per heavy atom. The van der Waals surface area contributed by atoms with Gasteiger partial charge in [0.05, 0.1) is 13.1 Å². The van der Waals surface area contributed by atoms with Gasteiger partial charge >= 0.3 is 0 Å². The molecule has 1 aliphatic heterocycles. The maximum Gasteiger partial charge on any atom is 0.253 e. The number of terminal acetylenes is 2. The highest BCUT2D eigenvalue weighted by Crippen LogP contribution is 2.07. The van der Waals surface area contributed by atoms with E-state index in [4.69, 9.17) is 12.8 Å². The van der Waals surface area contributed by atoms with Crippen LogP contribution in [0.15, 0.2) is 12.2 Å². The summed E-state index contributed by atoms with van der Waals surface area (Å²) < 4.78 is 0. The predicted octanol–water partition coefficient (Wildman–Crippen LogP) is -1.15. The lowest BCUT2D eigenvalue weighted by Crippen LogP contribution is -2.47. The second kappa shape index (κ2) is 12.7. The molecule has 9 heteroatoms. The Bertz CT molecular complexity index is 742. The monoisotopic (exact) mass is 400 g/mol. The first-order valence-corrected chi connectivity index (χ1v) is 9.13. The van der Waals surface area contributed by atoms with Gasteiger partial charge in [0.25, 0.3) is 11.8 Å². The Hall–Kier alpha value is -3.59. The SMILES string of the molecule is C#CCNC(=O)CC[C@H](NC(=O)CCCCN1C(=O)C=CC1=O)C(=O)NCC#C. The van der Waals surface area contributed by atoms with E-state index in [-0.39, 0.29) is 62.5 Å². The Morgan fingerprint density at radius 3 is 2.17 bits per heavy atom. The predicted molar refractivity (Wildman–Crippen MR) is 105 cm³/mol. The third-order valence-electron chi connectivity index (χ3n) is 4.00. The molecule has 0 aromatic heterocycles. The van der Waals surface area contributed by atoms with Crippen molar-refractivity contribution in [2.24, 2.45) is 0 Å². The average Bonchev–Trinajstić information content (AvgIpc) is 3.02. The van der Waals surface area contributed by atoms with E-state index in [1.165, 1.54) is 12.2 Å². The van der Waals surface area contributed by atoms with Gasteiger partial charge in [-0.25, -0.2) is 0 Å². The van der Waals surface area contributed by atoms with Crippen molar-refractivity contribution in [3.8, 4) is 24.7 Å². The fourth-order valence-electron chi connectivity index (χ4n) is 2.52. The van der Waals surface area contributed by atoms with E-state index in [2.05, 4.69) is 27.8 Å². The highest BCUT2D eigenvalue weighted by molar-refractivity contribution is 6.12. The molecule has 0 spiro atoms. The van der Waals surface area contributed by atoms with Crippen LogP contribution in [-0.4, -0.2) is 60.1 Å². The fourth-order valence-corrected chi connectivity index (χ4v) is 2.52. The first-order valence-electron chi connectivity index (χ1n) is 9.13. The van der Waals surface area contributed by atoms with E-state index < -0.39 is 11.9 Å². The summed E-state index contributed by atoms with van der Waals surface area (Å²) in [6.45, 7) is 0.302. The third-order valence-corrected chi connectivity index (χ3v) is 4.00. The van der Waals surface area contributed by atoms with Crippen molar-refractivity contribution in [2.45, 2.75) is 38.1 Å². The average molecular weight is 400 g/mol. The van der Waals surface area contributed by atoms with E-state index >= 15 is 0 Å². The standard InChI is InChI=1S/C20H24N4O5/c1-3-12-21-16(25)9-8-15(20(29)22-13-4-2)23-17(26)7-5-6-14-24-18(27)10-11-19(24)28/h1-2,10-11,15H,5-9,12-14H2,(H,21,25)(H,22,29)(H,23,26)/t15-/m0/s1. The number of amides is 5. The van der Waals surface area contributed by atoms with Crippen LogP contribution in [0.1, 0.15) is 32.1 Å². The molecule has 29 heavy (non-hydrogen) atoms. The number of hydrogen-bond acceptors (Lipinski definition) is 5. The first-order chi connectivity index (χ1) is 13.9. The van der Waals surface area contributed by atoms with Gasteiger partial charge in [-0.1, -0.05) is 11.8 Å². The highest BCUT2D eigenvalue weighted by Gasteiger charge is 2.23. The maximum absolute atomic E-state index is 12.2. The van der Waals surface area contributed by atoms with Gasteiger partial charge in [0.1, 0.15) is 6.04 Å². The summed E-state index contributed by atoms with van der Waals surface area (Å²) in [4.78, 5) is 60.0. The van der Waals surface area contributed by atoms with Crippen molar-refractivity contribution in [3.63, 3.8) is 0 Å². The second-order valence-corrected chi connectivity index (χ2v) is 6.18. The molecule has 0 fully saturated rings. The lowest BCUT2D eigenvalue weighted by atomic mass is 10.1. The normalized spacial score (nSPS) is 13.4. The number of carbonyl (C=O) groups is 5. The molecule has 1 aliphatic rings.